The summed E-state index contributed by atoms with van der Waals surface area (Å²) in [6, 6.07) is 16.4. The van der Waals surface area contributed by atoms with E-state index in [1.54, 1.807) is 30.3 Å². The Hall–Kier alpha value is -2.92. The van der Waals surface area contributed by atoms with Gasteiger partial charge in [0.1, 0.15) is 11.6 Å². The van der Waals surface area contributed by atoms with Crippen LogP contribution in [0.4, 0.5) is 4.39 Å². The van der Waals surface area contributed by atoms with Crippen LogP contribution in [0.15, 0.2) is 65.8 Å². The second kappa shape index (κ2) is 8.64. The average molecular weight is 385 g/mol. The van der Waals surface area contributed by atoms with Crippen molar-refractivity contribution in [2.75, 3.05) is 5.88 Å². The number of carbonyl (C=O) groups excluding carboxylic acids is 1. The number of aromatic hydroxyl groups is 1. The molecule has 0 heterocycles. The highest BCUT2D eigenvalue weighted by Gasteiger charge is 2.15. The van der Waals surface area contributed by atoms with Crippen LogP contribution in [-0.2, 0) is 0 Å². The maximum absolute atomic E-state index is 13.2. The zero-order valence-electron chi connectivity index (χ0n) is 14.5. The number of alkyl halides is 1. The van der Waals surface area contributed by atoms with Crippen molar-refractivity contribution in [2.45, 2.75) is 12.8 Å². The lowest BCUT2D eigenvalue weighted by molar-refractivity contribution is 0.0954. The molecular formula is C21H18ClFN2O2. The Balaban J connectivity index is 1.91. The van der Waals surface area contributed by atoms with Crippen LogP contribution < -0.4 is 5.43 Å². The lowest BCUT2D eigenvalue weighted by Gasteiger charge is -2.10. The van der Waals surface area contributed by atoms with Crippen LogP contribution in [0.5, 0.6) is 5.75 Å². The number of hydrazone groups is 1. The van der Waals surface area contributed by atoms with Crippen molar-refractivity contribution in [3.05, 3.63) is 77.6 Å². The lowest BCUT2D eigenvalue weighted by Crippen LogP contribution is -2.20. The van der Waals surface area contributed by atoms with Crippen LogP contribution in [0, 0.1) is 5.82 Å². The molecule has 0 aliphatic carbocycles. The number of amides is 1. The van der Waals surface area contributed by atoms with Gasteiger partial charge in [-0.05, 0) is 47.4 Å². The molecule has 1 amide bonds. The van der Waals surface area contributed by atoms with Gasteiger partial charge < -0.3 is 5.11 Å². The van der Waals surface area contributed by atoms with Gasteiger partial charge in [0.2, 0.25) is 0 Å². The summed E-state index contributed by atoms with van der Waals surface area (Å²) in [6.07, 6.45) is 1.18. The molecule has 6 heteroatoms. The molecule has 2 N–H and O–H groups in total. The van der Waals surface area contributed by atoms with Crippen molar-refractivity contribution in [3.63, 3.8) is 0 Å². The molecule has 0 bridgehead atoms. The van der Waals surface area contributed by atoms with Crippen molar-refractivity contribution >= 4 is 34.0 Å². The van der Waals surface area contributed by atoms with Crippen LogP contribution >= 0.6 is 11.6 Å². The Labute approximate surface area is 161 Å². The Morgan fingerprint density at radius 2 is 1.81 bits per heavy atom. The normalized spacial score (nSPS) is 11.6. The smallest absolute Gasteiger partial charge is 0.275 e. The quantitative estimate of drug-likeness (QED) is 0.363. The molecule has 3 aromatic rings. The van der Waals surface area contributed by atoms with E-state index in [0.29, 0.717) is 35.4 Å². The Bertz CT molecular complexity index is 987. The summed E-state index contributed by atoms with van der Waals surface area (Å²) in [7, 11) is 0. The van der Waals surface area contributed by atoms with E-state index in [0.717, 1.165) is 5.39 Å². The summed E-state index contributed by atoms with van der Waals surface area (Å²) in [5, 5.41) is 15.8. The van der Waals surface area contributed by atoms with E-state index in [9.17, 15) is 14.3 Å². The van der Waals surface area contributed by atoms with Crippen LogP contribution in [0.3, 0.4) is 0 Å². The van der Waals surface area contributed by atoms with E-state index >= 15 is 0 Å². The van der Waals surface area contributed by atoms with Gasteiger partial charge in [0.05, 0.1) is 11.3 Å². The standard InChI is InChI=1S/C21H18ClFN2O2/c22-13-3-6-18(15-7-10-16(23)11-8-15)24-25-21(27)20-17-5-2-1-4-14(17)9-12-19(20)26/h1-2,4-5,7-12,26H,3,6,13H2,(H,25,27)/b24-18+. The van der Waals surface area contributed by atoms with Crippen LogP contribution in [0.1, 0.15) is 28.8 Å². The van der Waals surface area contributed by atoms with E-state index in [-0.39, 0.29) is 17.1 Å². The van der Waals surface area contributed by atoms with Crippen molar-refractivity contribution < 1.29 is 14.3 Å². The van der Waals surface area contributed by atoms with Gasteiger partial charge >= 0.3 is 0 Å². The summed E-state index contributed by atoms with van der Waals surface area (Å²) in [6.45, 7) is 0. The second-order valence-electron chi connectivity index (χ2n) is 5.98. The molecule has 0 atom stereocenters. The summed E-state index contributed by atoms with van der Waals surface area (Å²) in [5.41, 5.74) is 3.95. The molecule has 0 radical (unpaired) electrons. The van der Waals surface area contributed by atoms with E-state index in [1.807, 2.05) is 12.1 Å². The van der Waals surface area contributed by atoms with Crippen LogP contribution in [-0.4, -0.2) is 22.6 Å². The SMILES string of the molecule is O=C(N/N=C(\CCCCl)c1ccc(F)cc1)c1c(O)ccc2ccccc12. The van der Waals surface area contributed by atoms with Gasteiger partial charge in [-0.3, -0.25) is 4.79 Å². The predicted molar refractivity (Wildman–Crippen MR) is 106 cm³/mol. The molecule has 0 aromatic heterocycles. The number of hydrogen-bond acceptors (Lipinski definition) is 3. The summed E-state index contributed by atoms with van der Waals surface area (Å²) in [5.74, 6) is -0.543. The van der Waals surface area contributed by atoms with Crippen molar-refractivity contribution in [2.24, 2.45) is 5.10 Å². The van der Waals surface area contributed by atoms with E-state index < -0.39 is 5.91 Å². The fraction of sp³-hybridized carbons (Fsp3) is 0.143. The molecule has 0 aliphatic heterocycles. The van der Waals surface area contributed by atoms with Gasteiger partial charge in [0, 0.05) is 5.88 Å². The zero-order valence-corrected chi connectivity index (χ0v) is 15.2. The molecule has 0 spiro atoms. The highest BCUT2D eigenvalue weighted by atomic mass is 35.5. The molecule has 3 rings (SSSR count). The highest BCUT2D eigenvalue weighted by Crippen LogP contribution is 2.27. The molecular weight excluding hydrogens is 367 g/mol. The molecule has 27 heavy (non-hydrogen) atoms. The molecule has 138 valence electrons. The number of rotatable bonds is 6. The first-order valence-electron chi connectivity index (χ1n) is 8.49. The number of fused-ring (bicyclic) bond motifs is 1. The van der Waals surface area contributed by atoms with E-state index in [2.05, 4.69) is 10.5 Å². The third-order valence-electron chi connectivity index (χ3n) is 4.15. The van der Waals surface area contributed by atoms with E-state index in [4.69, 9.17) is 11.6 Å². The third-order valence-corrected chi connectivity index (χ3v) is 4.42. The van der Waals surface area contributed by atoms with Gasteiger partial charge in [-0.1, -0.05) is 42.5 Å². The van der Waals surface area contributed by atoms with Gasteiger partial charge in [0.25, 0.3) is 5.91 Å². The number of phenols is 1. The van der Waals surface area contributed by atoms with Crippen LogP contribution in [0.25, 0.3) is 10.8 Å². The molecule has 3 aromatic carbocycles. The number of nitrogens with one attached hydrogen (secondary N) is 1. The number of nitrogens with zero attached hydrogens (tertiary/aromatic N) is 1. The first kappa shape index (κ1) is 18.9. The maximum Gasteiger partial charge on any atom is 0.275 e. The number of phenolic OH excluding ortho intramolecular Hbond substituents is 1. The van der Waals surface area contributed by atoms with Crippen molar-refractivity contribution in [3.8, 4) is 5.75 Å². The van der Waals surface area contributed by atoms with Gasteiger partial charge in [-0.15, -0.1) is 11.6 Å². The fourth-order valence-corrected chi connectivity index (χ4v) is 2.95. The first-order chi connectivity index (χ1) is 13.1. The minimum Gasteiger partial charge on any atom is -0.507 e. The van der Waals surface area contributed by atoms with Gasteiger partial charge in [-0.2, -0.15) is 5.10 Å². The molecule has 0 saturated carbocycles. The molecule has 0 unspecified atom stereocenters. The Morgan fingerprint density at radius 1 is 1.07 bits per heavy atom. The number of benzene rings is 3. The monoisotopic (exact) mass is 384 g/mol. The van der Waals surface area contributed by atoms with Gasteiger partial charge in [-0.25, -0.2) is 9.82 Å². The molecule has 0 saturated heterocycles. The average Bonchev–Trinajstić information content (AvgIpc) is 2.68. The summed E-state index contributed by atoms with van der Waals surface area (Å²) >= 11 is 5.77. The molecule has 4 nitrogen and oxygen atoms in total. The van der Waals surface area contributed by atoms with Crippen molar-refractivity contribution in [1.29, 1.82) is 0 Å². The van der Waals surface area contributed by atoms with Crippen molar-refractivity contribution in [1.82, 2.24) is 5.43 Å². The molecule has 0 aliphatic rings. The topological polar surface area (TPSA) is 61.7 Å². The second-order valence-corrected chi connectivity index (χ2v) is 6.36. The molecule has 0 fully saturated rings. The summed E-state index contributed by atoms with van der Waals surface area (Å²) < 4.78 is 13.2. The minimum atomic E-state index is -0.519. The van der Waals surface area contributed by atoms with Crippen LogP contribution in [0.2, 0.25) is 0 Å². The Morgan fingerprint density at radius 3 is 2.56 bits per heavy atom. The minimum absolute atomic E-state index is 0.120. The van der Waals surface area contributed by atoms with Gasteiger partial charge in [0.15, 0.2) is 0 Å². The first-order valence-corrected chi connectivity index (χ1v) is 9.03. The third kappa shape index (κ3) is 4.44. The predicted octanol–water partition coefficient (Wildman–Crippen LogP) is 4.84. The lowest BCUT2D eigenvalue weighted by atomic mass is 10.0. The maximum atomic E-state index is 13.2. The largest absolute Gasteiger partial charge is 0.507 e. The number of halogens is 2. The fourth-order valence-electron chi connectivity index (χ4n) is 2.81. The number of carbonyl (C=O) groups is 1. The zero-order chi connectivity index (χ0) is 19.2. The number of hydrogen-bond donors (Lipinski definition) is 2. The highest BCUT2D eigenvalue weighted by molar-refractivity contribution is 6.18. The van der Waals surface area contributed by atoms with E-state index in [1.165, 1.54) is 18.2 Å². The Kier molecular flexibility index (Phi) is 6.04. The summed E-state index contributed by atoms with van der Waals surface area (Å²) in [4.78, 5) is 12.7.